The minimum Gasteiger partial charge on any atom is -0.496 e. The molecule has 0 radical (unpaired) electrons. The van der Waals surface area contributed by atoms with Crippen LogP contribution in [-0.2, 0) is 6.42 Å². The molecule has 19 heavy (non-hydrogen) atoms. The van der Waals surface area contributed by atoms with Crippen LogP contribution >= 0.6 is 11.3 Å². The maximum absolute atomic E-state index is 5.34. The number of hydrogen-bond acceptors (Lipinski definition) is 5. The van der Waals surface area contributed by atoms with Gasteiger partial charge < -0.3 is 10.1 Å². The van der Waals surface area contributed by atoms with Gasteiger partial charge in [0.25, 0.3) is 0 Å². The molecule has 0 aliphatic rings. The van der Waals surface area contributed by atoms with Gasteiger partial charge in [0, 0.05) is 18.5 Å². The van der Waals surface area contributed by atoms with E-state index < -0.39 is 0 Å². The van der Waals surface area contributed by atoms with Crippen LogP contribution in [0.3, 0.4) is 0 Å². The molecule has 0 amide bonds. The number of ether oxygens (including phenoxy) is 1. The van der Waals surface area contributed by atoms with E-state index in [1.165, 1.54) is 0 Å². The second-order valence-electron chi connectivity index (χ2n) is 4.29. The minimum absolute atomic E-state index is 0.891. The van der Waals surface area contributed by atoms with Gasteiger partial charge in [-0.2, -0.15) is 0 Å². The Morgan fingerprint density at radius 3 is 2.89 bits per heavy atom. The molecule has 5 heteroatoms. The molecule has 4 nitrogen and oxygen atoms in total. The molecule has 0 spiro atoms. The summed E-state index contributed by atoms with van der Waals surface area (Å²) in [7, 11) is 1.69. The van der Waals surface area contributed by atoms with E-state index in [9.17, 15) is 0 Å². The average Bonchev–Trinajstić information content (AvgIpc) is 2.88. The van der Waals surface area contributed by atoms with Crippen molar-refractivity contribution in [2.24, 2.45) is 0 Å². The molecule has 0 atom stereocenters. The third-order valence-corrected chi connectivity index (χ3v) is 3.92. The number of rotatable bonds is 6. The number of methoxy groups -OCH3 is 1. The Labute approximate surface area is 117 Å². The number of hydrogen-bond donors (Lipinski definition) is 1. The van der Waals surface area contributed by atoms with Crippen LogP contribution in [0.25, 0.3) is 10.6 Å². The first kappa shape index (κ1) is 14.0. The van der Waals surface area contributed by atoms with Crippen molar-refractivity contribution in [1.29, 1.82) is 0 Å². The Balaban J connectivity index is 2.13. The molecule has 1 N–H and O–H groups in total. The molecule has 0 unspecified atom stereocenters. The van der Waals surface area contributed by atoms with Crippen molar-refractivity contribution >= 4 is 11.3 Å². The van der Waals surface area contributed by atoms with Crippen molar-refractivity contribution in [3.8, 4) is 16.3 Å². The molecule has 0 fully saturated rings. The van der Waals surface area contributed by atoms with E-state index in [0.717, 1.165) is 46.4 Å². The number of likely N-dealkylation sites (N-methyl/N-ethyl adjacent to an activating group) is 1. The second-order valence-corrected chi connectivity index (χ2v) is 5.35. The SMILES string of the molecule is CCNCCc1nnc(-c2ccc(C)c(OC)c2)s1. The highest BCUT2D eigenvalue weighted by molar-refractivity contribution is 7.14. The number of benzene rings is 1. The summed E-state index contributed by atoms with van der Waals surface area (Å²) in [6.07, 6.45) is 0.925. The van der Waals surface area contributed by atoms with Crippen LogP contribution in [-0.4, -0.2) is 30.4 Å². The van der Waals surface area contributed by atoms with Gasteiger partial charge >= 0.3 is 0 Å². The van der Waals surface area contributed by atoms with Crippen molar-refractivity contribution in [1.82, 2.24) is 15.5 Å². The number of aryl methyl sites for hydroxylation is 1. The fourth-order valence-corrected chi connectivity index (χ4v) is 2.63. The smallest absolute Gasteiger partial charge is 0.147 e. The first-order valence-corrected chi connectivity index (χ1v) is 7.24. The Kier molecular flexibility index (Phi) is 4.87. The molecule has 0 aliphatic heterocycles. The molecule has 0 saturated heterocycles. The Bertz CT molecular complexity index is 539. The quantitative estimate of drug-likeness (QED) is 0.825. The predicted molar refractivity (Wildman–Crippen MR) is 78.9 cm³/mol. The van der Waals surface area contributed by atoms with E-state index in [1.807, 2.05) is 19.1 Å². The van der Waals surface area contributed by atoms with Crippen molar-refractivity contribution in [3.63, 3.8) is 0 Å². The Hall–Kier alpha value is -1.46. The van der Waals surface area contributed by atoms with Gasteiger partial charge in [-0.3, -0.25) is 0 Å². The fraction of sp³-hybridized carbons (Fsp3) is 0.429. The van der Waals surface area contributed by atoms with Gasteiger partial charge in [-0.15, -0.1) is 10.2 Å². The van der Waals surface area contributed by atoms with E-state index >= 15 is 0 Å². The van der Waals surface area contributed by atoms with Crippen LogP contribution in [0, 0.1) is 6.92 Å². The van der Waals surface area contributed by atoms with Crippen LogP contribution < -0.4 is 10.1 Å². The summed E-state index contributed by atoms with van der Waals surface area (Å²) >= 11 is 1.64. The van der Waals surface area contributed by atoms with Gasteiger partial charge in [-0.25, -0.2) is 0 Å². The van der Waals surface area contributed by atoms with Crippen LogP contribution in [0.15, 0.2) is 18.2 Å². The first-order chi connectivity index (χ1) is 9.24. The highest BCUT2D eigenvalue weighted by Gasteiger charge is 2.08. The molecule has 102 valence electrons. The molecular formula is C14H19N3OS. The largest absolute Gasteiger partial charge is 0.496 e. The molecule has 2 aromatic rings. The molecular weight excluding hydrogens is 258 g/mol. The van der Waals surface area contributed by atoms with E-state index in [2.05, 4.69) is 28.5 Å². The average molecular weight is 277 g/mol. The van der Waals surface area contributed by atoms with Crippen molar-refractivity contribution < 1.29 is 4.74 Å². The van der Waals surface area contributed by atoms with E-state index in [0.29, 0.717) is 0 Å². The molecule has 2 rings (SSSR count). The van der Waals surface area contributed by atoms with Crippen LogP contribution in [0.5, 0.6) is 5.75 Å². The number of aromatic nitrogens is 2. The van der Waals surface area contributed by atoms with Crippen LogP contribution in [0.2, 0.25) is 0 Å². The monoisotopic (exact) mass is 277 g/mol. The summed E-state index contributed by atoms with van der Waals surface area (Å²) in [5, 5.41) is 13.8. The van der Waals surface area contributed by atoms with Crippen LogP contribution in [0.1, 0.15) is 17.5 Å². The lowest BCUT2D eigenvalue weighted by atomic mass is 10.1. The third-order valence-electron chi connectivity index (χ3n) is 2.89. The van der Waals surface area contributed by atoms with Gasteiger partial charge in [0.15, 0.2) is 0 Å². The van der Waals surface area contributed by atoms with Gasteiger partial charge in [0.05, 0.1) is 7.11 Å². The maximum atomic E-state index is 5.34. The summed E-state index contributed by atoms with van der Waals surface area (Å²) < 4.78 is 5.34. The number of nitrogens with zero attached hydrogens (tertiary/aromatic N) is 2. The molecule has 1 aromatic carbocycles. The highest BCUT2D eigenvalue weighted by atomic mass is 32.1. The second kappa shape index (κ2) is 6.63. The standard InChI is InChI=1S/C14H19N3OS/c1-4-15-8-7-13-16-17-14(19-13)11-6-5-10(2)12(9-11)18-3/h5-6,9,15H,4,7-8H2,1-3H3. The lowest BCUT2D eigenvalue weighted by Gasteiger charge is -2.05. The molecule has 0 saturated carbocycles. The van der Waals surface area contributed by atoms with Crippen LogP contribution in [0.4, 0.5) is 0 Å². The van der Waals surface area contributed by atoms with E-state index in [1.54, 1.807) is 18.4 Å². The highest BCUT2D eigenvalue weighted by Crippen LogP contribution is 2.28. The lowest BCUT2D eigenvalue weighted by Crippen LogP contribution is -2.15. The van der Waals surface area contributed by atoms with Gasteiger partial charge in [0.1, 0.15) is 15.8 Å². The van der Waals surface area contributed by atoms with Gasteiger partial charge in [0.2, 0.25) is 0 Å². The van der Waals surface area contributed by atoms with Gasteiger partial charge in [-0.1, -0.05) is 30.4 Å². The zero-order chi connectivity index (χ0) is 13.7. The van der Waals surface area contributed by atoms with Crippen molar-refractivity contribution in [2.45, 2.75) is 20.3 Å². The summed E-state index contributed by atoms with van der Waals surface area (Å²) in [5.74, 6) is 0.891. The minimum atomic E-state index is 0.891. The number of nitrogens with one attached hydrogen (secondary N) is 1. The normalized spacial score (nSPS) is 10.7. The molecule has 1 aromatic heterocycles. The Morgan fingerprint density at radius 1 is 1.32 bits per heavy atom. The zero-order valence-electron chi connectivity index (χ0n) is 11.6. The van der Waals surface area contributed by atoms with E-state index in [-0.39, 0.29) is 0 Å². The summed E-state index contributed by atoms with van der Waals surface area (Å²) in [4.78, 5) is 0. The van der Waals surface area contributed by atoms with E-state index in [4.69, 9.17) is 4.74 Å². The summed E-state index contributed by atoms with van der Waals surface area (Å²) in [6, 6.07) is 6.13. The Morgan fingerprint density at radius 2 is 2.16 bits per heavy atom. The zero-order valence-corrected chi connectivity index (χ0v) is 12.4. The fourth-order valence-electron chi connectivity index (χ4n) is 1.80. The molecule has 1 heterocycles. The topological polar surface area (TPSA) is 47.0 Å². The maximum Gasteiger partial charge on any atom is 0.147 e. The summed E-state index contributed by atoms with van der Waals surface area (Å²) in [5.41, 5.74) is 2.19. The third kappa shape index (κ3) is 3.52. The van der Waals surface area contributed by atoms with Crippen molar-refractivity contribution in [2.75, 3.05) is 20.2 Å². The predicted octanol–water partition coefficient (Wildman–Crippen LogP) is 2.67. The van der Waals surface area contributed by atoms with Gasteiger partial charge in [-0.05, 0) is 25.1 Å². The first-order valence-electron chi connectivity index (χ1n) is 6.42. The van der Waals surface area contributed by atoms with Crippen molar-refractivity contribution in [3.05, 3.63) is 28.8 Å². The lowest BCUT2D eigenvalue weighted by molar-refractivity contribution is 0.412. The summed E-state index contributed by atoms with van der Waals surface area (Å²) in [6.45, 7) is 6.07. The molecule has 0 bridgehead atoms. The molecule has 0 aliphatic carbocycles.